The van der Waals surface area contributed by atoms with Gasteiger partial charge in [-0.25, -0.2) is 13.6 Å². The molecule has 0 spiro atoms. The van der Waals surface area contributed by atoms with E-state index < -0.39 is 17.3 Å². The Labute approximate surface area is 90.6 Å². The van der Waals surface area contributed by atoms with Crippen molar-refractivity contribution < 1.29 is 18.3 Å². The van der Waals surface area contributed by atoms with Gasteiger partial charge in [0.05, 0.1) is 5.70 Å². The topological polar surface area (TPSA) is 38.3 Å². The predicted octanol–water partition coefficient (Wildman–Crippen LogP) is 1.87. The monoisotopic (exact) mass is 235 g/mol. The summed E-state index contributed by atoms with van der Waals surface area (Å²) in [5, 5.41) is 3.68. The summed E-state index contributed by atoms with van der Waals surface area (Å²) < 4.78 is 29.4. The molecule has 0 aliphatic carbocycles. The first-order valence-electron chi connectivity index (χ1n) is 4.22. The Morgan fingerprint density at radius 2 is 2.53 bits per heavy atom. The van der Waals surface area contributed by atoms with Crippen molar-refractivity contribution in [2.75, 3.05) is 6.61 Å². The van der Waals surface area contributed by atoms with Gasteiger partial charge < -0.3 is 10.1 Å². The molecule has 1 unspecified atom stereocenters. The molecule has 0 aromatic carbocycles. The van der Waals surface area contributed by atoms with E-state index in [0.29, 0.717) is 0 Å². The van der Waals surface area contributed by atoms with E-state index in [-0.39, 0.29) is 12.3 Å². The Morgan fingerprint density at radius 3 is 3.00 bits per heavy atom. The van der Waals surface area contributed by atoms with E-state index in [1.807, 2.05) is 0 Å². The second-order valence-corrected chi connectivity index (χ2v) is 4.33. The van der Waals surface area contributed by atoms with Gasteiger partial charge >= 0.3 is 5.97 Å². The molecule has 0 amide bonds. The van der Waals surface area contributed by atoms with Crippen molar-refractivity contribution in [3.8, 4) is 0 Å². The molecular formula is C9H11F2NO2S. The van der Waals surface area contributed by atoms with E-state index in [4.69, 9.17) is 4.74 Å². The first-order valence-corrected chi connectivity index (χ1v) is 5.10. The fraction of sp³-hybridized carbons (Fsp3) is 0.444. The highest BCUT2D eigenvalue weighted by atomic mass is 32.2. The molecule has 1 aliphatic heterocycles. The highest BCUT2D eigenvalue weighted by molar-refractivity contribution is 8.04. The Morgan fingerprint density at radius 1 is 1.87 bits per heavy atom. The second kappa shape index (κ2) is 4.65. The summed E-state index contributed by atoms with van der Waals surface area (Å²) in [6.45, 7) is 4.95. The highest BCUT2D eigenvalue weighted by Gasteiger charge is 2.41. The smallest absolute Gasteiger partial charge is 0.342 e. The molecule has 1 aliphatic rings. The van der Waals surface area contributed by atoms with Gasteiger partial charge in [-0.2, -0.15) is 0 Å². The molecule has 0 saturated carbocycles. The lowest BCUT2D eigenvalue weighted by molar-refractivity contribution is -0.145. The maximum atomic E-state index is 12.3. The van der Waals surface area contributed by atoms with E-state index >= 15 is 0 Å². The van der Waals surface area contributed by atoms with Crippen LogP contribution in [0.2, 0.25) is 0 Å². The first kappa shape index (κ1) is 12.0. The molecule has 1 atom stereocenters. The molecule has 0 fully saturated rings. The van der Waals surface area contributed by atoms with Gasteiger partial charge in [-0.15, -0.1) is 0 Å². The number of hydrogen-bond acceptors (Lipinski definition) is 4. The van der Waals surface area contributed by atoms with E-state index in [1.54, 1.807) is 0 Å². The average Bonchev–Trinajstić information content (AvgIpc) is 2.59. The molecule has 84 valence electrons. The van der Waals surface area contributed by atoms with Crippen LogP contribution in [-0.2, 0) is 9.53 Å². The van der Waals surface area contributed by atoms with E-state index in [9.17, 15) is 13.6 Å². The van der Waals surface area contributed by atoms with Crippen LogP contribution in [0.4, 0.5) is 8.78 Å². The normalized spacial score (nSPS) is 24.7. The summed E-state index contributed by atoms with van der Waals surface area (Å²) in [6.07, 6.45) is -1.19. The number of allylic oxidation sites excluding steroid dienone is 1. The summed E-state index contributed by atoms with van der Waals surface area (Å²) >= 11 is 0.978. The van der Waals surface area contributed by atoms with Gasteiger partial charge in [-0.05, 0) is 12.3 Å². The minimum Gasteiger partial charge on any atom is -0.459 e. The molecule has 0 saturated heterocycles. The van der Waals surface area contributed by atoms with Crippen molar-refractivity contribution >= 4 is 17.7 Å². The molecule has 6 heteroatoms. The van der Waals surface area contributed by atoms with Gasteiger partial charge in [-0.1, -0.05) is 24.4 Å². The number of ether oxygens (including phenoxy) is 1. The van der Waals surface area contributed by atoms with Crippen LogP contribution in [0.3, 0.4) is 0 Å². The quantitative estimate of drug-likeness (QED) is 0.596. The van der Waals surface area contributed by atoms with Crippen molar-refractivity contribution in [3.63, 3.8) is 0 Å². The summed E-state index contributed by atoms with van der Waals surface area (Å²) in [7, 11) is 0. The van der Waals surface area contributed by atoms with Gasteiger partial charge in [0, 0.05) is 0 Å². The number of alkyl halides is 2. The zero-order chi connectivity index (χ0) is 11.5. The van der Waals surface area contributed by atoms with Crippen LogP contribution in [0.1, 0.15) is 6.92 Å². The molecular weight excluding hydrogens is 224 g/mol. The lowest BCUT2D eigenvalue weighted by Crippen LogP contribution is -2.44. The molecule has 0 bridgehead atoms. The Bertz CT molecular complexity index is 306. The Balaban J connectivity index is 2.57. The first-order chi connectivity index (χ1) is 6.99. The van der Waals surface area contributed by atoms with Gasteiger partial charge in [-0.3, -0.25) is 0 Å². The number of rotatable bonds is 4. The van der Waals surface area contributed by atoms with Gasteiger partial charge in [0.1, 0.15) is 6.61 Å². The summed E-state index contributed by atoms with van der Waals surface area (Å²) in [4.78, 5) is 10.3. The van der Waals surface area contributed by atoms with Crippen molar-refractivity contribution in [3.05, 3.63) is 23.8 Å². The summed E-state index contributed by atoms with van der Waals surface area (Å²) in [5.74, 6) is -0.584. The molecule has 1 heterocycles. The fourth-order valence-corrected chi connectivity index (χ4v) is 1.85. The van der Waals surface area contributed by atoms with Crippen LogP contribution in [0, 0.1) is 0 Å². The minimum atomic E-state index is -2.61. The fourth-order valence-electron chi connectivity index (χ4n) is 0.993. The molecule has 15 heavy (non-hydrogen) atoms. The average molecular weight is 235 g/mol. The van der Waals surface area contributed by atoms with Crippen LogP contribution in [0.15, 0.2) is 23.8 Å². The molecule has 1 rings (SSSR count). The van der Waals surface area contributed by atoms with Gasteiger partial charge in [0.25, 0.3) is 6.43 Å². The third kappa shape index (κ3) is 2.71. The van der Waals surface area contributed by atoms with Gasteiger partial charge in [0.2, 0.25) is 0 Å². The van der Waals surface area contributed by atoms with Crippen molar-refractivity contribution in [2.24, 2.45) is 0 Å². The molecule has 1 N–H and O–H groups in total. The zero-order valence-corrected chi connectivity index (χ0v) is 8.94. The number of esters is 1. The largest absolute Gasteiger partial charge is 0.459 e. The SMILES string of the molecule is C=CCOC(=O)C1(C)NC(C(F)F)=CS1. The van der Waals surface area contributed by atoms with E-state index in [2.05, 4.69) is 11.9 Å². The Hall–Kier alpha value is -1.04. The summed E-state index contributed by atoms with van der Waals surface area (Å²) in [5.41, 5.74) is -0.252. The molecule has 0 radical (unpaired) electrons. The molecule has 3 nitrogen and oxygen atoms in total. The van der Waals surface area contributed by atoms with E-state index in [0.717, 1.165) is 11.8 Å². The van der Waals surface area contributed by atoms with E-state index in [1.165, 1.54) is 18.4 Å². The van der Waals surface area contributed by atoms with Crippen LogP contribution in [0.25, 0.3) is 0 Å². The number of hydrogen-bond donors (Lipinski definition) is 1. The van der Waals surface area contributed by atoms with Crippen molar-refractivity contribution in [1.29, 1.82) is 0 Å². The van der Waals surface area contributed by atoms with Gasteiger partial charge in [0.15, 0.2) is 4.87 Å². The maximum absolute atomic E-state index is 12.3. The lowest BCUT2D eigenvalue weighted by atomic mass is 10.3. The third-order valence-corrected chi connectivity index (χ3v) is 2.87. The number of thioether (sulfide) groups is 1. The van der Waals surface area contributed by atoms with Crippen molar-refractivity contribution in [2.45, 2.75) is 18.2 Å². The molecule has 0 aromatic rings. The van der Waals surface area contributed by atoms with Crippen LogP contribution in [0.5, 0.6) is 0 Å². The number of nitrogens with one attached hydrogen (secondary N) is 1. The lowest BCUT2D eigenvalue weighted by Gasteiger charge is -2.22. The number of carbonyl (C=O) groups is 1. The van der Waals surface area contributed by atoms with Crippen molar-refractivity contribution in [1.82, 2.24) is 5.32 Å². The third-order valence-electron chi connectivity index (χ3n) is 1.76. The Kier molecular flexibility index (Phi) is 3.73. The highest BCUT2D eigenvalue weighted by Crippen LogP contribution is 2.34. The van der Waals surface area contributed by atoms with Crippen LogP contribution in [-0.4, -0.2) is 23.9 Å². The summed E-state index contributed by atoms with van der Waals surface area (Å²) in [6, 6.07) is 0. The number of carbonyl (C=O) groups excluding carboxylic acids is 1. The second-order valence-electron chi connectivity index (χ2n) is 3.04. The minimum absolute atomic E-state index is 0.0701. The standard InChI is InChI=1S/C9H11F2NO2S/c1-3-4-14-8(13)9(2)12-6(5-15-9)7(10)11/h3,5,7,12H,1,4H2,2H3. The van der Waals surface area contributed by atoms with Crippen LogP contribution >= 0.6 is 11.8 Å². The number of halogens is 2. The zero-order valence-electron chi connectivity index (χ0n) is 8.13. The maximum Gasteiger partial charge on any atom is 0.342 e. The van der Waals surface area contributed by atoms with Crippen LogP contribution < -0.4 is 5.32 Å². The predicted molar refractivity (Wildman–Crippen MR) is 54.4 cm³/mol. The molecule has 0 aromatic heterocycles.